The molecule has 18 heavy (non-hydrogen) atoms. The molecular formula is C15H22N2O. The topological polar surface area (TPSA) is 55.1 Å². The maximum Gasteiger partial charge on any atom is 0.227 e. The summed E-state index contributed by atoms with van der Waals surface area (Å²) in [5.41, 5.74) is 7.44. The van der Waals surface area contributed by atoms with Crippen LogP contribution in [0, 0.1) is 5.92 Å². The number of carbonyl (C=O) groups is 1. The Morgan fingerprint density at radius 1 is 1.44 bits per heavy atom. The Morgan fingerprint density at radius 2 is 2.22 bits per heavy atom. The maximum absolute atomic E-state index is 12.2. The molecule has 1 aromatic rings. The summed E-state index contributed by atoms with van der Waals surface area (Å²) in [6.45, 7) is 4.18. The summed E-state index contributed by atoms with van der Waals surface area (Å²) in [6.07, 6.45) is 3.43. The highest BCUT2D eigenvalue weighted by atomic mass is 16.1. The summed E-state index contributed by atoms with van der Waals surface area (Å²) in [5.74, 6) is 0.710. The van der Waals surface area contributed by atoms with Crippen LogP contribution in [0.3, 0.4) is 0 Å². The highest BCUT2D eigenvalue weighted by Gasteiger charge is 2.25. The van der Waals surface area contributed by atoms with Gasteiger partial charge in [0.15, 0.2) is 0 Å². The highest BCUT2D eigenvalue weighted by Crippen LogP contribution is 2.25. The number of nitrogens with two attached hydrogens (primary N) is 1. The van der Waals surface area contributed by atoms with Crippen molar-refractivity contribution < 1.29 is 4.79 Å². The number of carbonyl (C=O) groups excluding carboxylic acids is 1. The molecule has 1 fully saturated rings. The van der Waals surface area contributed by atoms with Gasteiger partial charge in [-0.1, -0.05) is 19.1 Å². The largest absolute Gasteiger partial charge is 0.399 e. The van der Waals surface area contributed by atoms with Gasteiger partial charge in [-0.25, -0.2) is 0 Å². The number of hydrogen-bond donors (Lipinski definition) is 2. The fraction of sp³-hybridized carbons (Fsp3) is 0.533. The van der Waals surface area contributed by atoms with Crippen LogP contribution < -0.4 is 11.1 Å². The van der Waals surface area contributed by atoms with Crippen LogP contribution >= 0.6 is 0 Å². The lowest BCUT2D eigenvalue weighted by molar-refractivity contribution is -0.122. The third-order valence-corrected chi connectivity index (χ3v) is 3.85. The zero-order valence-corrected chi connectivity index (χ0v) is 11.1. The van der Waals surface area contributed by atoms with E-state index in [9.17, 15) is 4.79 Å². The predicted molar refractivity (Wildman–Crippen MR) is 74.2 cm³/mol. The summed E-state index contributed by atoms with van der Waals surface area (Å²) in [6, 6.07) is 7.93. The molecule has 0 radical (unpaired) electrons. The zero-order valence-electron chi connectivity index (χ0n) is 11.1. The summed E-state index contributed by atoms with van der Waals surface area (Å²) >= 11 is 0. The number of benzene rings is 1. The summed E-state index contributed by atoms with van der Waals surface area (Å²) < 4.78 is 0. The predicted octanol–water partition coefficient (Wildman–Crippen LogP) is 2.68. The fourth-order valence-electron chi connectivity index (χ4n) is 2.64. The first kappa shape index (κ1) is 12.9. The minimum atomic E-state index is -0.135. The SMILES string of the molecule is CC1CCC(NC(=O)C(C)c2cccc(N)c2)C1. The van der Waals surface area contributed by atoms with E-state index in [-0.39, 0.29) is 11.8 Å². The Hall–Kier alpha value is -1.51. The van der Waals surface area contributed by atoms with Gasteiger partial charge in [-0.15, -0.1) is 0 Å². The van der Waals surface area contributed by atoms with Gasteiger partial charge in [0.25, 0.3) is 0 Å². The third-order valence-electron chi connectivity index (χ3n) is 3.85. The van der Waals surface area contributed by atoms with E-state index < -0.39 is 0 Å². The molecule has 1 aliphatic carbocycles. The summed E-state index contributed by atoms with van der Waals surface area (Å²) in [5, 5.41) is 3.15. The molecule has 1 aliphatic rings. The van der Waals surface area contributed by atoms with Gasteiger partial charge in [0.05, 0.1) is 5.92 Å². The van der Waals surface area contributed by atoms with Crippen LogP contribution in [-0.2, 0) is 4.79 Å². The van der Waals surface area contributed by atoms with Crippen LogP contribution in [0.2, 0.25) is 0 Å². The van der Waals surface area contributed by atoms with Crippen molar-refractivity contribution in [2.24, 2.45) is 5.92 Å². The van der Waals surface area contributed by atoms with Crippen molar-refractivity contribution in [3.63, 3.8) is 0 Å². The van der Waals surface area contributed by atoms with Crippen molar-refractivity contribution in [3.8, 4) is 0 Å². The second-order valence-corrected chi connectivity index (χ2v) is 5.52. The van der Waals surface area contributed by atoms with Gasteiger partial charge in [0, 0.05) is 11.7 Å². The molecule has 1 aromatic carbocycles. The van der Waals surface area contributed by atoms with Crippen molar-refractivity contribution in [3.05, 3.63) is 29.8 Å². The molecule has 0 heterocycles. The Kier molecular flexibility index (Phi) is 3.90. The second-order valence-electron chi connectivity index (χ2n) is 5.52. The minimum Gasteiger partial charge on any atom is -0.399 e. The van der Waals surface area contributed by atoms with Crippen molar-refractivity contribution in [2.75, 3.05) is 5.73 Å². The maximum atomic E-state index is 12.2. The molecule has 1 saturated carbocycles. The summed E-state index contributed by atoms with van der Waals surface area (Å²) in [7, 11) is 0. The van der Waals surface area contributed by atoms with Crippen molar-refractivity contribution in [1.82, 2.24) is 5.32 Å². The van der Waals surface area contributed by atoms with Crippen LogP contribution in [0.1, 0.15) is 44.6 Å². The van der Waals surface area contributed by atoms with Crippen LogP contribution in [0.4, 0.5) is 5.69 Å². The molecule has 0 spiro atoms. The van der Waals surface area contributed by atoms with E-state index in [4.69, 9.17) is 5.73 Å². The van der Waals surface area contributed by atoms with Gasteiger partial charge in [-0.2, -0.15) is 0 Å². The van der Waals surface area contributed by atoms with E-state index in [0.29, 0.717) is 11.7 Å². The summed E-state index contributed by atoms with van der Waals surface area (Å²) in [4.78, 5) is 12.2. The van der Waals surface area contributed by atoms with Crippen LogP contribution in [-0.4, -0.2) is 11.9 Å². The van der Waals surface area contributed by atoms with E-state index in [1.165, 1.54) is 6.42 Å². The lowest BCUT2D eigenvalue weighted by atomic mass is 9.99. The number of hydrogen-bond acceptors (Lipinski definition) is 2. The van der Waals surface area contributed by atoms with Gasteiger partial charge in [0.1, 0.15) is 0 Å². The van der Waals surface area contributed by atoms with E-state index in [1.54, 1.807) is 0 Å². The second kappa shape index (κ2) is 5.42. The zero-order chi connectivity index (χ0) is 13.1. The van der Waals surface area contributed by atoms with E-state index in [1.807, 2.05) is 31.2 Å². The molecule has 3 N–H and O–H groups in total. The van der Waals surface area contributed by atoms with Crippen molar-refractivity contribution >= 4 is 11.6 Å². The Morgan fingerprint density at radius 3 is 2.83 bits per heavy atom. The number of rotatable bonds is 3. The molecule has 3 unspecified atom stereocenters. The smallest absolute Gasteiger partial charge is 0.227 e. The number of anilines is 1. The highest BCUT2D eigenvalue weighted by molar-refractivity contribution is 5.83. The molecule has 0 bridgehead atoms. The molecule has 98 valence electrons. The number of nitrogen functional groups attached to an aromatic ring is 1. The average Bonchev–Trinajstić information content (AvgIpc) is 2.73. The first-order valence-electron chi connectivity index (χ1n) is 6.72. The van der Waals surface area contributed by atoms with Crippen molar-refractivity contribution in [1.29, 1.82) is 0 Å². The fourth-order valence-corrected chi connectivity index (χ4v) is 2.64. The number of amides is 1. The lowest BCUT2D eigenvalue weighted by Crippen LogP contribution is -2.35. The van der Waals surface area contributed by atoms with Gasteiger partial charge in [0.2, 0.25) is 5.91 Å². The third kappa shape index (κ3) is 3.03. The molecule has 3 atom stereocenters. The first-order valence-corrected chi connectivity index (χ1v) is 6.72. The molecule has 0 saturated heterocycles. The van der Waals surface area contributed by atoms with Crippen molar-refractivity contribution in [2.45, 2.75) is 45.1 Å². The van der Waals surface area contributed by atoms with Gasteiger partial charge >= 0.3 is 0 Å². The quantitative estimate of drug-likeness (QED) is 0.806. The van der Waals surface area contributed by atoms with Crippen LogP contribution in [0.25, 0.3) is 0 Å². The molecule has 3 heteroatoms. The lowest BCUT2D eigenvalue weighted by Gasteiger charge is -2.17. The average molecular weight is 246 g/mol. The van der Waals surface area contributed by atoms with Crippen LogP contribution in [0.15, 0.2) is 24.3 Å². The molecule has 0 aromatic heterocycles. The normalized spacial score (nSPS) is 24.8. The minimum absolute atomic E-state index is 0.111. The standard InChI is InChI=1S/C15H22N2O/c1-10-6-7-14(8-10)17-15(18)11(2)12-4-3-5-13(16)9-12/h3-5,9-11,14H,6-8,16H2,1-2H3,(H,17,18). The van der Waals surface area contributed by atoms with Gasteiger partial charge < -0.3 is 11.1 Å². The molecule has 3 nitrogen and oxygen atoms in total. The van der Waals surface area contributed by atoms with E-state index in [2.05, 4.69) is 12.2 Å². The Balaban J connectivity index is 1.96. The van der Waals surface area contributed by atoms with E-state index in [0.717, 1.165) is 24.3 Å². The molecule has 1 amide bonds. The van der Waals surface area contributed by atoms with Crippen LogP contribution in [0.5, 0.6) is 0 Å². The first-order chi connectivity index (χ1) is 8.56. The van der Waals surface area contributed by atoms with E-state index >= 15 is 0 Å². The molecular weight excluding hydrogens is 224 g/mol. The monoisotopic (exact) mass is 246 g/mol. The van der Waals surface area contributed by atoms with Gasteiger partial charge in [-0.05, 0) is 49.8 Å². The molecule has 0 aliphatic heterocycles. The van der Waals surface area contributed by atoms with Gasteiger partial charge in [-0.3, -0.25) is 4.79 Å². The molecule has 2 rings (SSSR count). The number of nitrogens with one attached hydrogen (secondary N) is 1. The Bertz CT molecular complexity index is 430. The Labute approximate surface area is 109 Å².